The number of hydrogen-bond donors (Lipinski definition) is 1. The molecule has 1 N–H and O–H groups in total. The molecule has 6 nitrogen and oxygen atoms in total. The van der Waals surface area contributed by atoms with Crippen LogP contribution in [0.25, 0.3) is 0 Å². The lowest BCUT2D eigenvalue weighted by Crippen LogP contribution is -2.07. The number of methoxy groups -OCH3 is 3. The third-order valence-corrected chi connectivity index (χ3v) is 3.54. The Labute approximate surface area is 146 Å². The first kappa shape index (κ1) is 18.3. The first-order valence-electron chi connectivity index (χ1n) is 7.47. The number of esters is 1. The van der Waals surface area contributed by atoms with Crippen LogP contribution in [0.3, 0.4) is 0 Å². The first-order valence-corrected chi connectivity index (χ1v) is 7.47. The summed E-state index contributed by atoms with van der Waals surface area (Å²) in [4.78, 5) is 15.7. The van der Waals surface area contributed by atoms with Gasteiger partial charge < -0.3 is 19.3 Å². The van der Waals surface area contributed by atoms with Crippen LogP contribution in [0.15, 0.2) is 24.3 Å². The van der Waals surface area contributed by atoms with Crippen LogP contribution in [0.2, 0.25) is 0 Å². The number of aliphatic hydroxyl groups excluding tert-OH is 1. The smallest absolute Gasteiger partial charge is 0.356 e. The Morgan fingerprint density at radius 1 is 1.04 bits per heavy atom. The van der Waals surface area contributed by atoms with Gasteiger partial charge in [-0.2, -0.15) is 0 Å². The molecule has 0 amide bonds. The van der Waals surface area contributed by atoms with E-state index in [0.29, 0.717) is 28.3 Å². The number of aliphatic hydroxyl groups is 1. The van der Waals surface area contributed by atoms with Gasteiger partial charge in [0.15, 0.2) is 0 Å². The number of carbonyl (C=O) groups excluding carboxylic acids is 1. The van der Waals surface area contributed by atoms with Gasteiger partial charge in [0.05, 0.1) is 33.6 Å². The van der Waals surface area contributed by atoms with Crippen LogP contribution >= 0.6 is 0 Å². The van der Waals surface area contributed by atoms with Crippen molar-refractivity contribution in [3.05, 3.63) is 52.3 Å². The van der Waals surface area contributed by atoms with Gasteiger partial charge in [-0.1, -0.05) is 11.8 Å². The summed E-state index contributed by atoms with van der Waals surface area (Å²) >= 11 is 0. The summed E-state index contributed by atoms with van der Waals surface area (Å²) in [7, 11) is 4.43. The van der Waals surface area contributed by atoms with E-state index < -0.39 is 5.97 Å². The SMILES string of the molecule is COC(=O)c1cc(C#Cc2cc(OC)c(C)c(OC)c2)cc(CO)n1. The normalized spacial score (nSPS) is 9.80. The molecule has 0 aliphatic rings. The third-order valence-electron chi connectivity index (χ3n) is 3.54. The molecule has 1 heterocycles. The molecule has 0 unspecified atom stereocenters. The van der Waals surface area contributed by atoms with E-state index in [1.807, 2.05) is 6.92 Å². The maximum absolute atomic E-state index is 11.7. The fraction of sp³-hybridized carbons (Fsp3) is 0.263. The molecule has 2 rings (SSSR count). The van der Waals surface area contributed by atoms with Crippen molar-refractivity contribution in [3.8, 4) is 23.3 Å². The summed E-state index contributed by atoms with van der Waals surface area (Å²) < 4.78 is 15.3. The Morgan fingerprint density at radius 2 is 1.60 bits per heavy atom. The monoisotopic (exact) mass is 341 g/mol. The van der Waals surface area contributed by atoms with E-state index in [1.54, 1.807) is 32.4 Å². The minimum absolute atomic E-state index is 0.0948. The standard InChI is InChI=1S/C19H19NO5/c1-12-17(23-2)9-14(10-18(12)24-3)6-5-13-7-15(11-21)20-16(8-13)19(22)25-4/h7-10,21H,11H2,1-4H3. The number of carbonyl (C=O) groups is 1. The van der Waals surface area contributed by atoms with E-state index in [0.717, 1.165) is 5.56 Å². The molecule has 1 aromatic heterocycles. The lowest BCUT2D eigenvalue weighted by molar-refractivity contribution is 0.0593. The van der Waals surface area contributed by atoms with Gasteiger partial charge in [0.1, 0.15) is 17.2 Å². The highest BCUT2D eigenvalue weighted by Gasteiger charge is 2.10. The highest BCUT2D eigenvalue weighted by molar-refractivity contribution is 5.87. The molecule has 0 saturated heterocycles. The van der Waals surface area contributed by atoms with Crippen molar-refractivity contribution < 1.29 is 24.1 Å². The van der Waals surface area contributed by atoms with Crippen molar-refractivity contribution in [3.63, 3.8) is 0 Å². The van der Waals surface area contributed by atoms with E-state index in [1.165, 1.54) is 13.2 Å². The fourth-order valence-corrected chi connectivity index (χ4v) is 2.25. The third kappa shape index (κ3) is 4.28. The molecule has 2 aromatic rings. The molecule has 0 atom stereocenters. The maximum atomic E-state index is 11.7. The van der Waals surface area contributed by atoms with Crippen molar-refractivity contribution in [2.75, 3.05) is 21.3 Å². The number of pyridine rings is 1. The predicted octanol–water partition coefficient (Wildman–Crippen LogP) is 2.09. The summed E-state index contributed by atoms with van der Waals surface area (Å²) in [6.07, 6.45) is 0. The minimum atomic E-state index is -0.586. The van der Waals surface area contributed by atoms with Crippen LogP contribution in [0.5, 0.6) is 11.5 Å². The molecule has 0 saturated carbocycles. The van der Waals surface area contributed by atoms with Crippen molar-refractivity contribution >= 4 is 5.97 Å². The van der Waals surface area contributed by atoms with Gasteiger partial charge in [0.25, 0.3) is 0 Å². The maximum Gasteiger partial charge on any atom is 0.356 e. The lowest BCUT2D eigenvalue weighted by Gasteiger charge is -2.10. The second-order valence-corrected chi connectivity index (χ2v) is 5.14. The second-order valence-electron chi connectivity index (χ2n) is 5.14. The Morgan fingerprint density at radius 3 is 2.08 bits per heavy atom. The Bertz CT molecular complexity index is 824. The van der Waals surface area contributed by atoms with Crippen LogP contribution in [0.4, 0.5) is 0 Å². The molecule has 130 valence electrons. The minimum Gasteiger partial charge on any atom is -0.496 e. The molecule has 0 spiro atoms. The number of aromatic nitrogens is 1. The average molecular weight is 341 g/mol. The van der Waals surface area contributed by atoms with E-state index in [2.05, 4.69) is 21.6 Å². The number of ether oxygens (including phenoxy) is 3. The summed E-state index contributed by atoms with van der Waals surface area (Å²) in [6.45, 7) is 1.60. The highest BCUT2D eigenvalue weighted by atomic mass is 16.5. The molecule has 1 aromatic carbocycles. The summed E-state index contributed by atoms with van der Waals surface area (Å²) in [5.74, 6) is 6.71. The topological polar surface area (TPSA) is 77.9 Å². The van der Waals surface area contributed by atoms with Crippen molar-refractivity contribution in [2.45, 2.75) is 13.5 Å². The Balaban J connectivity index is 2.46. The second kappa shape index (κ2) is 8.18. The van der Waals surface area contributed by atoms with Gasteiger partial charge in [-0.25, -0.2) is 9.78 Å². The number of rotatable bonds is 4. The fourth-order valence-electron chi connectivity index (χ4n) is 2.25. The summed E-state index contributed by atoms with van der Waals surface area (Å²) in [6, 6.07) is 6.74. The van der Waals surface area contributed by atoms with Crippen molar-refractivity contribution in [1.82, 2.24) is 4.98 Å². The van der Waals surface area contributed by atoms with E-state index in [4.69, 9.17) is 9.47 Å². The lowest BCUT2D eigenvalue weighted by atomic mass is 10.1. The molecule has 0 fully saturated rings. The molecule has 0 aliphatic heterocycles. The molecular weight excluding hydrogens is 322 g/mol. The molecular formula is C19H19NO5. The Hall–Kier alpha value is -3.04. The molecule has 0 bridgehead atoms. The van der Waals surface area contributed by atoms with E-state index in [-0.39, 0.29) is 12.3 Å². The van der Waals surface area contributed by atoms with Gasteiger partial charge in [-0.3, -0.25) is 0 Å². The Kier molecular flexibility index (Phi) is 5.98. The largest absolute Gasteiger partial charge is 0.496 e. The number of nitrogens with zero attached hydrogens (tertiary/aromatic N) is 1. The predicted molar refractivity (Wildman–Crippen MR) is 91.8 cm³/mol. The zero-order chi connectivity index (χ0) is 18.4. The number of hydrogen-bond acceptors (Lipinski definition) is 6. The zero-order valence-electron chi connectivity index (χ0n) is 14.5. The van der Waals surface area contributed by atoms with Crippen LogP contribution in [0.1, 0.15) is 32.9 Å². The highest BCUT2D eigenvalue weighted by Crippen LogP contribution is 2.29. The summed E-state index contributed by atoms with van der Waals surface area (Å²) in [5.41, 5.74) is 2.55. The van der Waals surface area contributed by atoms with Gasteiger partial charge in [0, 0.05) is 16.7 Å². The molecule has 0 aliphatic carbocycles. The quantitative estimate of drug-likeness (QED) is 0.678. The van der Waals surface area contributed by atoms with E-state index in [9.17, 15) is 9.90 Å². The first-order chi connectivity index (χ1) is 12.0. The molecule has 25 heavy (non-hydrogen) atoms. The van der Waals surface area contributed by atoms with Crippen molar-refractivity contribution in [2.24, 2.45) is 0 Å². The number of benzene rings is 1. The van der Waals surface area contributed by atoms with E-state index >= 15 is 0 Å². The van der Waals surface area contributed by atoms with Gasteiger partial charge >= 0.3 is 5.97 Å². The molecule has 6 heteroatoms. The van der Waals surface area contributed by atoms with Crippen LogP contribution in [-0.4, -0.2) is 37.4 Å². The summed E-state index contributed by atoms with van der Waals surface area (Å²) in [5, 5.41) is 9.30. The van der Waals surface area contributed by atoms with Crippen LogP contribution in [0, 0.1) is 18.8 Å². The van der Waals surface area contributed by atoms with Gasteiger partial charge in [-0.15, -0.1) is 0 Å². The van der Waals surface area contributed by atoms with Gasteiger partial charge in [0.2, 0.25) is 0 Å². The van der Waals surface area contributed by atoms with Crippen LogP contribution in [-0.2, 0) is 11.3 Å². The van der Waals surface area contributed by atoms with Gasteiger partial charge in [-0.05, 0) is 31.2 Å². The molecule has 0 radical (unpaired) electrons. The van der Waals surface area contributed by atoms with Crippen molar-refractivity contribution in [1.29, 1.82) is 0 Å². The zero-order valence-corrected chi connectivity index (χ0v) is 14.5. The average Bonchev–Trinajstić information content (AvgIpc) is 2.65. The van der Waals surface area contributed by atoms with Crippen LogP contribution < -0.4 is 9.47 Å².